The summed E-state index contributed by atoms with van der Waals surface area (Å²) >= 11 is 0. The fourth-order valence-electron chi connectivity index (χ4n) is 2.74. The van der Waals surface area contributed by atoms with Crippen molar-refractivity contribution in [3.63, 3.8) is 0 Å². The van der Waals surface area contributed by atoms with Crippen LogP contribution in [0.4, 0.5) is 5.69 Å². The molecule has 0 saturated carbocycles. The molecule has 1 aromatic carbocycles. The normalized spacial score (nSPS) is 16.7. The quantitative estimate of drug-likeness (QED) is 0.772. The Morgan fingerprint density at radius 3 is 2.60 bits per heavy atom. The number of para-hydroxylation sites is 1. The first kappa shape index (κ1) is 16.8. The van der Waals surface area contributed by atoms with Gasteiger partial charge in [-0.25, -0.2) is 0 Å². The van der Waals surface area contributed by atoms with E-state index in [0.717, 1.165) is 5.69 Å². The summed E-state index contributed by atoms with van der Waals surface area (Å²) < 4.78 is 4.84. The van der Waals surface area contributed by atoms with Crippen molar-refractivity contribution in [1.82, 2.24) is 10.6 Å². The van der Waals surface area contributed by atoms with Gasteiger partial charge in [-0.2, -0.15) is 0 Å². The van der Waals surface area contributed by atoms with Gasteiger partial charge in [-0.3, -0.25) is 14.4 Å². The number of nitrogens with zero attached hydrogens (tertiary/aromatic N) is 1. The van der Waals surface area contributed by atoms with E-state index in [1.54, 1.807) is 11.0 Å². The third kappa shape index (κ3) is 4.06. The van der Waals surface area contributed by atoms with E-state index in [-0.39, 0.29) is 30.1 Å². The van der Waals surface area contributed by atoms with Crippen molar-refractivity contribution < 1.29 is 18.8 Å². The van der Waals surface area contributed by atoms with E-state index in [0.29, 0.717) is 25.2 Å². The lowest BCUT2D eigenvalue weighted by Gasteiger charge is -2.16. The zero-order valence-corrected chi connectivity index (χ0v) is 13.6. The van der Waals surface area contributed by atoms with Gasteiger partial charge in [-0.15, -0.1) is 0 Å². The second-order valence-electron chi connectivity index (χ2n) is 5.80. The van der Waals surface area contributed by atoms with Crippen molar-refractivity contribution in [2.75, 3.05) is 24.5 Å². The van der Waals surface area contributed by atoms with Gasteiger partial charge < -0.3 is 20.0 Å². The Labute approximate surface area is 145 Å². The van der Waals surface area contributed by atoms with Crippen molar-refractivity contribution in [3.8, 4) is 0 Å². The zero-order chi connectivity index (χ0) is 17.6. The number of amides is 3. The van der Waals surface area contributed by atoms with Crippen LogP contribution in [0.25, 0.3) is 0 Å². The van der Waals surface area contributed by atoms with Gasteiger partial charge in [0.15, 0.2) is 0 Å². The van der Waals surface area contributed by atoms with E-state index in [1.165, 1.54) is 12.5 Å². The summed E-state index contributed by atoms with van der Waals surface area (Å²) in [4.78, 5) is 37.7. The molecule has 0 spiro atoms. The molecule has 1 aromatic heterocycles. The topological polar surface area (TPSA) is 91.7 Å². The average molecular weight is 341 g/mol. The molecule has 2 aromatic rings. The predicted octanol–water partition coefficient (Wildman–Crippen LogP) is 1.18. The molecular weight excluding hydrogens is 322 g/mol. The summed E-state index contributed by atoms with van der Waals surface area (Å²) in [5.74, 6) is -0.865. The molecule has 1 aliphatic heterocycles. The average Bonchev–Trinajstić information content (AvgIpc) is 3.29. The number of benzene rings is 1. The van der Waals surface area contributed by atoms with E-state index in [4.69, 9.17) is 4.42 Å². The second-order valence-corrected chi connectivity index (χ2v) is 5.80. The van der Waals surface area contributed by atoms with E-state index < -0.39 is 0 Å². The molecule has 2 N–H and O–H groups in total. The summed E-state index contributed by atoms with van der Waals surface area (Å²) in [5.41, 5.74) is 1.24. The molecule has 1 fully saturated rings. The third-order valence-corrected chi connectivity index (χ3v) is 4.06. The molecule has 3 amide bonds. The van der Waals surface area contributed by atoms with E-state index >= 15 is 0 Å². The van der Waals surface area contributed by atoms with E-state index in [2.05, 4.69) is 10.6 Å². The number of furan rings is 1. The summed E-state index contributed by atoms with van der Waals surface area (Å²) in [6.45, 7) is 0.979. The highest BCUT2D eigenvalue weighted by Gasteiger charge is 2.34. The molecule has 7 heteroatoms. The van der Waals surface area contributed by atoms with Gasteiger partial charge in [0.1, 0.15) is 6.26 Å². The molecule has 0 radical (unpaired) electrons. The Morgan fingerprint density at radius 1 is 1.12 bits per heavy atom. The molecule has 3 rings (SSSR count). The molecule has 130 valence electrons. The Kier molecular flexibility index (Phi) is 5.13. The third-order valence-electron chi connectivity index (χ3n) is 4.06. The molecule has 0 aliphatic carbocycles. The van der Waals surface area contributed by atoms with Gasteiger partial charge >= 0.3 is 0 Å². The van der Waals surface area contributed by atoms with Crippen LogP contribution in [0.2, 0.25) is 0 Å². The van der Waals surface area contributed by atoms with Crippen molar-refractivity contribution in [3.05, 3.63) is 54.5 Å². The van der Waals surface area contributed by atoms with Gasteiger partial charge in [0.2, 0.25) is 11.8 Å². The lowest BCUT2D eigenvalue weighted by Crippen LogP contribution is -2.38. The molecular formula is C18H19N3O4. The highest BCUT2D eigenvalue weighted by molar-refractivity contribution is 6.00. The Bertz CT molecular complexity index is 743. The van der Waals surface area contributed by atoms with Gasteiger partial charge in [-0.1, -0.05) is 18.2 Å². The monoisotopic (exact) mass is 341 g/mol. The number of carbonyl (C=O) groups excluding carboxylic acids is 3. The van der Waals surface area contributed by atoms with Gasteiger partial charge in [0.05, 0.1) is 17.7 Å². The minimum Gasteiger partial charge on any atom is -0.472 e. The van der Waals surface area contributed by atoms with Crippen molar-refractivity contribution in [2.45, 2.75) is 6.42 Å². The first-order chi connectivity index (χ1) is 12.1. The largest absolute Gasteiger partial charge is 0.472 e. The molecule has 2 heterocycles. The first-order valence-corrected chi connectivity index (χ1v) is 8.08. The van der Waals surface area contributed by atoms with Crippen LogP contribution in [-0.4, -0.2) is 37.4 Å². The molecule has 0 bridgehead atoms. The highest BCUT2D eigenvalue weighted by atomic mass is 16.3. The summed E-state index contributed by atoms with van der Waals surface area (Å²) in [6.07, 6.45) is 2.98. The van der Waals surface area contributed by atoms with E-state index in [9.17, 15) is 14.4 Å². The standard InChI is InChI=1S/C18H19N3O4/c22-16-10-14(11-21(16)15-4-2-1-3-5-15)18(24)20-8-7-19-17(23)13-6-9-25-12-13/h1-6,9,12,14H,7-8,10-11H2,(H,19,23)(H,20,24). The Morgan fingerprint density at radius 2 is 1.88 bits per heavy atom. The number of hydrogen-bond donors (Lipinski definition) is 2. The predicted molar refractivity (Wildman–Crippen MR) is 91.0 cm³/mol. The number of rotatable bonds is 6. The number of nitrogens with one attached hydrogen (secondary N) is 2. The van der Waals surface area contributed by atoms with Crippen LogP contribution in [-0.2, 0) is 9.59 Å². The fourth-order valence-corrected chi connectivity index (χ4v) is 2.74. The maximum atomic E-state index is 12.2. The van der Waals surface area contributed by atoms with Crippen LogP contribution >= 0.6 is 0 Å². The second kappa shape index (κ2) is 7.65. The van der Waals surface area contributed by atoms with Crippen LogP contribution in [0.1, 0.15) is 16.8 Å². The lowest BCUT2D eigenvalue weighted by atomic mass is 10.1. The van der Waals surface area contributed by atoms with Crippen LogP contribution < -0.4 is 15.5 Å². The first-order valence-electron chi connectivity index (χ1n) is 8.08. The number of carbonyl (C=O) groups is 3. The molecule has 1 saturated heterocycles. The van der Waals surface area contributed by atoms with Crippen LogP contribution in [0.3, 0.4) is 0 Å². The molecule has 25 heavy (non-hydrogen) atoms. The van der Waals surface area contributed by atoms with Crippen molar-refractivity contribution >= 4 is 23.4 Å². The smallest absolute Gasteiger partial charge is 0.254 e. The van der Waals surface area contributed by atoms with Crippen LogP contribution in [0.15, 0.2) is 53.3 Å². The van der Waals surface area contributed by atoms with Crippen LogP contribution in [0.5, 0.6) is 0 Å². The summed E-state index contributed by atoms with van der Waals surface area (Å²) in [5, 5.41) is 5.45. The van der Waals surface area contributed by atoms with Gasteiger partial charge in [0, 0.05) is 31.7 Å². The lowest BCUT2D eigenvalue weighted by molar-refractivity contribution is -0.126. The molecule has 1 aliphatic rings. The molecule has 7 nitrogen and oxygen atoms in total. The molecule has 1 unspecified atom stereocenters. The summed E-state index contributed by atoms with van der Waals surface area (Å²) in [7, 11) is 0. The Balaban J connectivity index is 1.43. The SMILES string of the molecule is O=C(NCCNC(=O)C1CC(=O)N(c2ccccc2)C1)c1ccoc1. The number of hydrogen-bond acceptors (Lipinski definition) is 4. The van der Waals surface area contributed by atoms with E-state index in [1.807, 2.05) is 30.3 Å². The molecule has 1 atom stereocenters. The minimum atomic E-state index is -0.378. The zero-order valence-electron chi connectivity index (χ0n) is 13.6. The maximum absolute atomic E-state index is 12.2. The van der Waals surface area contributed by atoms with Gasteiger partial charge in [0.25, 0.3) is 5.91 Å². The van der Waals surface area contributed by atoms with Gasteiger partial charge in [-0.05, 0) is 18.2 Å². The fraction of sp³-hybridized carbons (Fsp3) is 0.278. The maximum Gasteiger partial charge on any atom is 0.254 e. The number of anilines is 1. The highest BCUT2D eigenvalue weighted by Crippen LogP contribution is 2.24. The van der Waals surface area contributed by atoms with Crippen molar-refractivity contribution in [2.24, 2.45) is 5.92 Å². The van der Waals surface area contributed by atoms with Crippen molar-refractivity contribution in [1.29, 1.82) is 0 Å². The Hall–Kier alpha value is -3.09. The van der Waals surface area contributed by atoms with Crippen LogP contribution in [0, 0.1) is 5.92 Å². The summed E-state index contributed by atoms with van der Waals surface area (Å²) in [6, 6.07) is 10.9. The minimum absolute atomic E-state index is 0.0559.